The number of carbonyl (C=O) groups excluding carboxylic acids is 1. The normalized spacial score (nSPS) is 22.4. The van der Waals surface area contributed by atoms with E-state index in [-0.39, 0.29) is 11.4 Å². The minimum atomic E-state index is -0.0468. The average molecular weight is 332 g/mol. The van der Waals surface area contributed by atoms with Gasteiger partial charge in [0.05, 0.1) is 6.61 Å². The molecule has 2 rings (SSSR count). The van der Waals surface area contributed by atoms with Crippen LogP contribution in [-0.4, -0.2) is 43.1 Å². The van der Waals surface area contributed by atoms with Gasteiger partial charge in [-0.05, 0) is 43.7 Å². The van der Waals surface area contributed by atoms with Crippen LogP contribution in [0.15, 0.2) is 24.3 Å². The molecule has 0 aromatic heterocycles. The van der Waals surface area contributed by atoms with Crippen LogP contribution in [0.4, 0.5) is 0 Å². The van der Waals surface area contributed by atoms with E-state index in [0.29, 0.717) is 30.6 Å². The van der Waals surface area contributed by atoms with Crippen LogP contribution in [0.2, 0.25) is 0 Å². The van der Waals surface area contributed by atoms with Gasteiger partial charge in [0, 0.05) is 37.8 Å². The minimum absolute atomic E-state index is 0.0196. The van der Waals surface area contributed by atoms with Crippen LogP contribution >= 0.6 is 0 Å². The van der Waals surface area contributed by atoms with Crippen LogP contribution in [0.1, 0.15) is 50.0 Å². The Balaban J connectivity index is 2.00. The van der Waals surface area contributed by atoms with Gasteiger partial charge in [-0.25, -0.2) is 0 Å². The fourth-order valence-electron chi connectivity index (χ4n) is 3.68. The van der Waals surface area contributed by atoms with E-state index >= 15 is 0 Å². The number of rotatable bonds is 6. The third kappa shape index (κ3) is 4.81. The number of hydrogen-bond acceptors (Lipinski definition) is 3. The van der Waals surface area contributed by atoms with Crippen molar-refractivity contribution in [3.63, 3.8) is 0 Å². The molecule has 0 bridgehead atoms. The van der Waals surface area contributed by atoms with Crippen LogP contribution in [-0.2, 0) is 11.3 Å². The molecule has 4 heteroatoms. The summed E-state index contributed by atoms with van der Waals surface area (Å²) in [5.74, 6) is 1.41. The second kappa shape index (κ2) is 8.13. The van der Waals surface area contributed by atoms with E-state index in [0.717, 1.165) is 18.7 Å². The van der Waals surface area contributed by atoms with Crippen LogP contribution in [0.3, 0.4) is 0 Å². The monoisotopic (exact) mass is 332 g/mol. The maximum Gasteiger partial charge on any atom is 0.251 e. The zero-order valence-electron chi connectivity index (χ0n) is 15.8. The highest BCUT2D eigenvalue weighted by atomic mass is 16.5. The second-order valence-electron chi connectivity index (χ2n) is 7.94. The number of piperidine rings is 1. The van der Waals surface area contributed by atoms with Crippen molar-refractivity contribution in [1.29, 1.82) is 0 Å². The van der Waals surface area contributed by atoms with Gasteiger partial charge in [0.25, 0.3) is 5.91 Å². The molecule has 24 heavy (non-hydrogen) atoms. The van der Waals surface area contributed by atoms with Crippen molar-refractivity contribution in [2.75, 3.05) is 26.7 Å². The van der Waals surface area contributed by atoms with Gasteiger partial charge in [0.15, 0.2) is 0 Å². The molecule has 1 fully saturated rings. The van der Waals surface area contributed by atoms with Crippen molar-refractivity contribution in [3.8, 4) is 0 Å². The van der Waals surface area contributed by atoms with Gasteiger partial charge < -0.3 is 10.1 Å². The maximum atomic E-state index is 12.6. The van der Waals surface area contributed by atoms with E-state index < -0.39 is 0 Å². The molecular weight excluding hydrogens is 300 g/mol. The van der Waals surface area contributed by atoms with E-state index in [2.05, 4.69) is 37.9 Å². The van der Waals surface area contributed by atoms with E-state index in [1.807, 2.05) is 24.3 Å². The molecule has 2 atom stereocenters. The Bertz CT molecular complexity index is 546. The van der Waals surface area contributed by atoms with Crippen molar-refractivity contribution in [2.24, 2.45) is 11.8 Å². The molecule has 0 radical (unpaired) electrons. The molecule has 1 aliphatic rings. The number of methoxy groups -OCH3 is 1. The molecule has 1 heterocycles. The van der Waals surface area contributed by atoms with Gasteiger partial charge in [-0.3, -0.25) is 9.69 Å². The molecule has 1 N–H and O–H groups in total. The van der Waals surface area contributed by atoms with Gasteiger partial charge in [0.1, 0.15) is 0 Å². The average Bonchev–Trinajstić information content (AvgIpc) is 2.52. The first-order valence-electron chi connectivity index (χ1n) is 8.93. The first kappa shape index (κ1) is 18.9. The number of nitrogens with zero attached hydrogens (tertiary/aromatic N) is 1. The Hall–Kier alpha value is -1.39. The van der Waals surface area contributed by atoms with Crippen LogP contribution in [0.25, 0.3) is 0 Å². The lowest BCUT2D eigenvalue weighted by atomic mass is 9.88. The molecule has 1 aliphatic heterocycles. The summed E-state index contributed by atoms with van der Waals surface area (Å²) in [7, 11) is 1.65. The Labute approximate surface area is 146 Å². The number of likely N-dealkylation sites (tertiary alicyclic amines) is 1. The summed E-state index contributed by atoms with van der Waals surface area (Å²) in [5, 5.41) is 3.13. The Morgan fingerprint density at radius 2 is 1.88 bits per heavy atom. The predicted molar refractivity (Wildman–Crippen MR) is 98.1 cm³/mol. The van der Waals surface area contributed by atoms with Crippen molar-refractivity contribution >= 4 is 5.91 Å². The summed E-state index contributed by atoms with van der Waals surface area (Å²) in [6.45, 7) is 12.4. The van der Waals surface area contributed by atoms with E-state index in [1.165, 1.54) is 6.42 Å². The predicted octanol–water partition coefficient (Wildman–Crippen LogP) is 3.32. The van der Waals surface area contributed by atoms with Crippen LogP contribution < -0.4 is 5.32 Å². The van der Waals surface area contributed by atoms with Gasteiger partial charge in [-0.2, -0.15) is 0 Å². The minimum Gasteiger partial charge on any atom is -0.380 e. The maximum absolute atomic E-state index is 12.6. The summed E-state index contributed by atoms with van der Waals surface area (Å²) in [6.07, 6.45) is 1.29. The molecule has 1 aromatic carbocycles. The Morgan fingerprint density at radius 3 is 2.50 bits per heavy atom. The van der Waals surface area contributed by atoms with E-state index in [4.69, 9.17) is 4.74 Å². The lowest BCUT2D eigenvalue weighted by Crippen LogP contribution is -2.56. The highest BCUT2D eigenvalue weighted by molar-refractivity contribution is 5.95. The number of ether oxygens (including phenoxy) is 1. The lowest BCUT2D eigenvalue weighted by Gasteiger charge is -2.45. The van der Waals surface area contributed by atoms with E-state index in [9.17, 15) is 4.79 Å². The number of nitrogens with one attached hydrogen (secondary N) is 1. The summed E-state index contributed by atoms with van der Waals surface area (Å²) in [4.78, 5) is 15.1. The first-order chi connectivity index (χ1) is 11.3. The summed E-state index contributed by atoms with van der Waals surface area (Å²) < 4.78 is 5.19. The number of amides is 1. The quantitative estimate of drug-likeness (QED) is 0.869. The van der Waals surface area contributed by atoms with Gasteiger partial charge in [-0.15, -0.1) is 0 Å². The van der Waals surface area contributed by atoms with Crippen molar-refractivity contribution in [3.05, 3.63) is 35.4 Å². The zero-order chi connectivity index (χ0) is 17.7. The van der Waals surface area contributed by atoms with E-state index in [1.54, 1.807) is 7.11 Å². The van der Waals surface area contributed by atoms with Gasteiger partial charge in [-0.1, -0.05) is 32.0 Å². The molecule has 0 aliphatic carbocycles. The molecule has 1 amide bonds. The Morgan fingerprint density at radius 1 is 1.25 bits per heavy atom. The van der Waals surface area contributed by atoms with Crippen LogP contribution in [0, 0.1) is 11.8 Å². The van der Waals surface area contributed by atoms with Gasteiger partial charge in [0.2, 0.25) is 0 Å². The summed E-state index contributed by atoms with van der Waals surface area (Å²) in [6, 6.07) is 7.64. The molecule has 1 saturated heterocycles. The van der Waals surface area contributed by atoms with Gasteiger partial charge >= 0.3 is 0 Å². The summed E-state index contributed by atoms with van der Waals surface area (Å²) in [5.41, 5.74) is 1.58. The third-order valence-corrected chi connectivity index (χ3v) is 4.97. The first-order valence-corrected chi connectivity index (χ1v) is 8.93. The highest BCUT2D eigenvalue weighted by Gasteiger charge is 2.33. The SMILES string of the molecule is COCc1ccccc1C(=O)NCC(C)(C)N1CC(C)CC(C)C1. The fraction of sp³-hybridized carbons (Fsp3) is 0.650. The lowest BCUT2D eigenvalue weighted by molar-refractivity contribution is 0.0444. The fourth-order valence-corrected chi connectivity index (χ4v) is 3.68. The zero-order valence-corrected chi connectivity index (χ0v) is 15.8. The molecule has 0 saturated carbocycles. The molecular formula is C20H32N2O2. The molecule has 134 valence electrons. The molecule has 1 aromatic rings. The largest absolute Gasteiger partial charge is 0.380 e. The number of hydrogen-bond donors (Lipinski definition) is 1. The second-order valence-corrected chi connectivity index (χ2v) is 7.94. The molecule has 0 spiro atoms. The standard InChI is InChI=1S/C20H32N2O2/c1-15-10-16(2)12-22(11-15)20(3,4)14-21-19(23)18-9-7-6-8-17(18)13-24-5/h6-9,15-16H,10-14H2,1-5H3,(H,21,23). The van der Waals surface area contributed by atoms with Crippen molar-refractivity contribution < 1.29 is 9.53 Å². The molecule has 2 unspecified atom stereocenters. The van der Waals surface area contributed by atoms with Crippen molar-refractivity contribution in [1.82, 2.24) is 10.2 Å². The van der Waals surface area contributed by atoms with Crippen LogP contribution in [0.5, 0.6) is 0 Å². The number of benzene rings is 1. The highest BCUT2D eigenvalue weighted by Crippen LogP contribution is 2.27. The molecule has 4 nitrogen and oxygen atoms in total. The smallest absolute Gasteiger partial charge is 0.251 e. The Kier molecular flexibility index (Phi) is 6.41. The number of carbonyl (C=O) groups is 1. The topological polar surface area (TPSA) is 41.6 Å². The van der Waals surface area contributed by atoms with Crippen molar-refractivity contribution in [2.45, 2.75) is 46.3 Å². The third-order valence-electron chi connectivity index (χ3n) is 4.97. The summed E-state index contributed by atoms with van der Waals surface area (Å²) >= 11 is 0.